The zero-order valence-electron chi connectivity index (χ0n) is 10.4. The minimum atomic E-state index is 0.493. The second-order valence-electron chi connectivity index (χ2n) is 4.19. The fourth-order valence-corrected chi connectivity index (χ4v) is 1.90. The molecule has 0 saturated heterocycles. The summed E-state index contributed by atoms with van der Waals surface area (Å²) in [6.07, 6.45) is 2.35. The predicted octanol–water partition coefficient (Wildman–Crippen LogP) is 1.94. The van der Waals surface area contributed by atoms with Gasteiger partial charge in [0.25, 0.3) is 0 Å². The Kier molecular flexibility index (Phi) is 3.61. The van der Waals surface area contributed by atoms with Crippen molar-refractivity contribution in [1.82, 2.24) is 9.78 Å². The van der Waals surface area contributed by atoms with E-state index in [1.54, 1.807) is 0 Å². The molecular formula is C11H22N4. The second-order valence-corrected chi connectivity index (χ2v) is 4.19. The normalized spacial score (nSPS) is 12.9. The molecule has 86 valence electrons. The Hall–Kier alpha value is -1.19. The molecule has 2 N–H and O–H groups in total. The largest absolute Gasteiger partial charge is 0.394 e. The van der Waals surface area contributed by atoms with E-state index in [1.807, 2.05) is 18.7 Å². The number of aromatic nitrogens is 2. The van der Waals surface area contributed by atoms with Crippen LogP contribution >= 0.6 is 0 Å². The highest BCUT2D eigenvalue weighted by Gasteiger charge is 2.17. The maximum absolute atomic E-state index is 6.01. The number of nitrogens with two attached hydrogens (primary N) is 1. The summed E-state index contributed by atoms with van der Waals surface area (Å²) in [7, 11) is 4.01. The molecular weight excluding hydrogens is 188 g/mol. The zero-order chi connectivity index (χ0) is 11.6. The van der Waals surface area contributed by atoms with E-state index in [2.05, 4.69) is 30.9 Å². The molecule has 1 aromatic heterocycles. The summed E-state index contributed by atoms with van der Waals surface area (Å²) in [5.41, 5.74) is 7.71. The lowest BCUT2D eigenvalue weighted by atomic mass is 10.1. The van der Waals surface area contributed by atoms with Crippen LogP contribution in [-0.4, -0.2) is 22.9 Å². The standard InChI is InChI=1S/C11H22N4/c1-6-7-8(2)14(4)11-10(12)9(3)13-15(11)5/h8H,6-7,12H2,1-5H3. The first-order chi connectivity index (χ1) is 6.99. The van der Waals surface area contributed by atoms with Crippen molar-refractivity contribution in [3.8, 4) is 0 Å². The molecule has 0 saturated carbocycles. The number of hydrogen-bond donors (Lipinski definition) is 1. The van der Waals surface area contributed by atoms with E-state index in [0.29, 0.717) is 6.04 Å². The number of hydrogen-bond acceptors (Lipinski definition) is 3. The van der Waals surface area contributed by atoms with E-state index >= 15 is 0 Å². The van der Waals surface area contributed by atoms with Crippen LogP contribution in [0, 0.1) is 6.92 Å². The fraction of sp³-hybridized carbons (Fsp3) is 0.727. The van der Waals surface area contributed by atoms with Crippen molar-refractivity contribution in [3.63, 3.8) is 0 Å². The summed E-state index contributed by atoms with van der Waals surface area (Å²) in [6, 6.07) is 0.493. The first kappa shape index (κ1) is 11.9. The average molecular weight is 210 g/mol. The van der Waals surface area contributed by atoms with Crippen molar-refractivity contribution in [2.45, 2.75) is 39.7 Å². The van der Waals surface area contributed by atoms with Crippen molar-refractivity contribution in [1.29, 1.82) is 0 Å². The van der Waals surface area contributed by atoms with Crippen molar-refractivity contribution in [3.05, 3.63) is 5.69 Å². The van der Waals surface area contributed by atoms with E-state index in [0.717, 1.165) is 17.2 Å². The zero-order valence-corrected chi connectivity index (χ0v) is 10.4. The molecule has 0 aliphatic carbocycles. The topological polar surface area (TPSA) is 47.1 Å². The minimum Gasteiger partial charge on any atom is -0.394 e. The Morgan fingerprint density at radius 3 is 2.53 bits per heavy atom. The van der Waals surface area contributed by atoms with Gasteiger partial charge in [0.1, 0.15) is 5.82 Å². The van der Waals surface area contributed by atoms with Crippen molar-refractivity contribution < 1.29 is 0 Å². The third kappa shape index (κ3) is 2.25. The van der Waals surface area contributed by atoms with Gasteiger partial charge in [-0.3, -0.25) is 4.68 Å². The van der Waals surface area contributed by atoms with Crippen LogP contribution in [0.15, 0.2) is 0 Å². The number of nitrogens with zero attached hydrogens (tertiary/aromatic N) is 3. The van der Waals surface area contributed by atoms with Crippen LogP contribution in [0.1, 0.15) is 32.4 Å². The highest BCUT2D eigenvalue weighted by molar-refractivity contribution is 5.66. The molecule has 4 nitrogen and oxygen atoms in total. The highest BCUT2D eigenvalue weighted by atomic mass is 15.4. The minimum absolute atomic E-state index is 0.493. The van der Waals surface area contributed by atoms with Gasteiger partial charge in [-0.2, -0.15) is 5.10 Å². The molecule has 0 amide bonds. The van der Waals surface area contributed by atoms with E-state index in [1.165, 1.54) is 12.8 Å². The molecule has 0 spiro atoms. The molecule has 1 aromatic rings. The SMILES string of the molecule is CCCC(C)N(C)c1c(N)c(C)nn1C. The molecule has 0 fully saturated rings. The second kappa shape index (κ2) is 4.55. The van der Waals surface area contributed by atoms with Gasteiger partial charge in [-0.1, -0.05) is 13.3 Å². The molecule has 1 unspecified atom stereocenters. The van der Waals surface area contributed by atoms with E-state index in [4.69, 9.17) is 5.73 Å². The first-order valence-electron chi connectivity index (χ1n) is 5.50. The van der Waals surface area contributed by atoms with Gasteiger partial charge in [-0.15, -0.1) is 0 Å². The molecule has 1 atom stereocenters. The molecule has 4 heteroatoms. The van der Waals surface area contributed by atoms with Gasteiger partial charge < -0.3 is 10.6 Å². The number of nitrogen functional groups attached to an aromatic ring is 1. The summed E-state index contributed by atoms with van der Waals surface area (Å²) < 4.78 is 1.86. The van der Waals surface area contributed by atoms with Crippen molar-refractivity contribution in [2.75, 3.05) is 17.7 Å². The number of rotatable bonds is 4. The molecule has 0 aromatic carbocycles. The first-order valence-corrected chi connectivity index (χ1v) is 5.50. The lowest BCUT2D eigenvalue weighted by Gasteiger charge is -2.26. The number of aryl methyl sites for hydroxylation is 2. The van der Waals surface area contributed by atoms with Crippen LogP contribution in [0.5, 0.6) is 0 Å². The van der Waals surface area contributed by atoms with Gasteiger partial charge in [-0.25, -0.2) is 0 Å². The van der Waals surface area contributed by atoms with Gasteiger partial charge in [-0.05, 0) is 20.3 Å². The Morgan fingerprint density at radius 2 is 2.13 bits per heavy atom. The molecule has 0 aliphatic heterocycles. The Morgan fingerprint density at radius 1 is 1.53 bits per heavy atom. The average Bonchev–Trinajstić information content (AvgIpc) is 2.41. The Labute approximate surface area is 92.1 Å². The highest BCUT2D eigenvalue weighted by Crippen LogP contribution is 2.26. The van der Waals surface area contributed by atoms with Gasteiger partial charge in [0.15, 0.2) is 0 Å². The monoisotopic (exact) mass is 210 g/mol. The predicted molar refractivity (Wildman–Crippen MR) is 65.1 cm³/mol. The van der Waals surface area contributed by atoms with Crippen LogP contribution in [-0.2, 0) is 7.05 Å². The summed E-state index contributed by atoms with van der Waals surface area (Å²) in [5, 5.41) is 4.32. The van der Waals surface area contributed by atoms with Crippen LogP contribution in [0.2, 0.25) is 0 Å². The van der Waals surface area contributed by atoms with Crippen LogP contribution in [0.4, 0.5) is 11.5 Å². The molecule has 0 bridgehead atoms. The molecule has 1 heterocycles. The maximum atomic E-state index is 6.01. The maximum Gasteiger partial charge on any atom is 0.150 e. The fourth-order valence-electron chi connectivity index (χ4n) is 1.90. The van der Waals surface area contributed by atoms with Crippen molar-refractivity contribution >= 4 is 11.5 Å². The lowest BCUT2D eigenvalue weighted by molar-refractivity contribution is 0.595. The smallest absolute Gasteiger partial charge is 0.150 e. The molecule has 15 heavy (non-hydrogen) atoms. The molecule has 0 aliphatic rings. The molecule has 0 radical (unpaired) electrons. The van der Waals surface area contributed by atoms with Crippen LogP contribution < -0.4 is 10.6 Å². The van der Waals surface area contributed by atoms with E-state index in [9.17, 15) is 0 Å². The number of anilines is 2. The third-order valence-electron chi connectivity index (χ3n) is 2.94. The Bertz CT molecular complexity index is 330. The van der Waals surface area contributed by atoms with Crippen LogP contribution in [0.25, 0.3) is 0 Å². The summed E-state index contributed by atoms with van der Waals surface area (Å²) in [5.74, 6) is 1.02. The van der Waals surface area contributed by atoms with Gasteiger partial charge in [0.2, 0.25) is 0 Å². The summed E-state index contributed by atoms with van der Waals surface area (Å²) in [4.78, 5) is 2.21. The third-order valence-corrected chi connectivity index (χ3v) is 2.94. The summed E-state index contributed by atoms with van der Waals surface area (Å²) >= 11 is 0. The van der Waals surface area contributed by atoms with E-state index < -0.39 is 0 Å². The van der Waals surface area contributed by atoms with Gasteiger partial charge in [0, 0.05) is 20.1 Å². The van der Waals surface area contributed by atoms with Crippen molar-refractivity contribution in [2.24, 2.45) is 7.05 Å². The quantitative estimate of drug-likeness (QED) is 0.826. The lowest BCUT2D eigenvalue weighted by Crippen LogP contribution is -2.30. The van der Waals surface area contributed by atoms with Crippen LogP contribution in [0.3, 0.4) is 0 Å². The van der Waals surface area contributed by atoms with E-state index in [-0.39, 0.29) is 0 Å². The van der Waals surface area contributed by atoms with Gasteiger partial charge >= 0.3 is 0 Å². The molecule has 1 rings (SSSR count). The van der Waals surface area contributed by atoms with Gasteiger partial charge in [0.05, 0.1) is 11.4 Å². The Balaban J connectivity index is 2.94. The summed E-state index contributed by atoms with van der Waals surface area (Å²) in [6.45, 7) is 6.35.